The van der Waals surface area contributed by atoms with Crippen LogP contribution in [-0.4, -0.2) is 17.1 Å². The molecular weight excluding hydrogens is 496 g/mol. The fraction of sp³-hybridized carbons (Fsp3) is 0.487. The molecule has 0 bridgehead atoms. The maximum atomic E-state index is 2.70. The van der Waals surface area contributed by atoms with Gasteiger partial charge in [0.15, 0.2) is 0 Å². The number of benzene rings is 3. The van der Waals surface area contributed by atoms with Gasteiger partial charge in [-0.3, -0.25) is 0 Å². The molecule has 2 heteroatoms. The lowest BCUT2D eigenvalue weighted by atomic mass is 9.78. The van der Waals surface area contributed by atoms with Crippen LogP contribution in [0, 0.1) is 0 Å². The van der Waals surface area contributed by atoms with Gasteiger partial charge in [-0.2, -0.15) is 0 Å². The number of para-hydroxylation sites is 1. The Bertz CT molecular complexity index is 1110. The summed E-state index contributed by atoms with van der Waals surface area (Å²) >= 11 is 0. The summed E-state index contributed by atoms with van der Waals surface area (Å²) < 4.78 is 0. The van der Waals surface area contributed by atoms with E-state index in [1.807, 2.05) is 0 Å². The average molecular weight is 551 g/mol. The number of nitrogens with zero attached hydrogens (tertiary/aromatic N) is 2. The van der Waals surface area contributed by atoms with Crippen LogP contribution < -0.4 is 4.90 Å². The Balaban J connectivity index is 1.47. The van der Waals surface area contributed by atoms with Gasteiger partial charge in [-0.15, -0.1) is 0 Å². The molecule has 0 saturated carbocycles. The van der Waals surface area contributed by atoms with Crippen LogP contribution in [0.2, 0.25) is 0 Å². The zero-order valence-corrected chi connectivity index (χ0v) is 25.9. The highest BCUT2D eigenvalue weighted by Gasteiger charge is 2.50. The van der Waals surface area contributed by atoms with Crippen molar-refractivity contribution in [2.75, 3.05) is 11.4 Å². The molecule has 4 rings (SSSR count). The van der Waals surface area contributed by atoms with Gasteiger partial charge in [0.05, 0.1) is 0 Å². The summed E-state index contributed by atoms with van der Waals surface area (Å²) in [5.41, 5.74) is 3.89. The molecule has 0 aromatic heterocycles. The fourth-order valence-corrected chi connectivity index (χ4v) is 6.92. The van der Waals surface area contributed by atoms with Crippen LogP contribution in [-0.2, 0) is 6.42 Å². The summed E-state index contributed by atoms with van der Waals surface area (Å²) in [6, 6.07) is 33.4. The first-order valence-electron chi connectivity index (χ1n) is 16.7. The molecule has 41 heavy (non-hydrogen) atoms. The molecule has 1 heterocycles. The molecule has 0 spiro atoms. The van der Waals surface area contributed by atoms with Crippen LogP contribution in [0.5, 0.6) is 0 Å². The lowest BCUT2D eigenvalue weighted by Crippen LogP contribution is -2.59. The summed E-state index contributed by atoms with van der Waals surface area (Å²) in [6.45, 7) is 5.76. The van der Waals surface area contributed by atoms with Crippen molar-refractivity contribution in [3.63, 3.8) is 0 Å². The van der Waals surface area contributed by atoms with Gasteiger partial charge < -0.3 is 9.80 Å². The van der Waals surface area contributed by atoms with Gasteiger partial charge in [-0.05, 0) is 36.1 Å². The van der Waals surface area contributed by atoms with E-state index in [1.54, 1.807) is 0 Å². The van der Waals surface area contributed by atoms with Crippen molar-refractivity contribution in [1.29, 1.82) is 0 Å². The van der Waals surface area contributed by atoms with E-state index in [4.69, 9.17) is 0 Å². The fourth-order valence-electron chi connectivity index (χ4n) is 6.92. The highest BCUT2D eigenvalue weighted by Crippen LogP contribution is 2.47. The van der Waals surface area contributed by atoms with Crippen molar-refractivity contribution in [1.82, 2.24) is 4.90 Å². The van der Waals surface area contributed by atoms with E-state index in [0.29, 0.717) is 5.92 Å². The van der Waals surface area contributed by atoms with Crippen molar-refractivity contribution in [2.24, 2.45) is 0 Å². The molecule has 0 N–H and O–H groups in total. The summed E-state index contributed by atoms with van der Waals surface area (Å²) in [5, 5.41) is 0. The highest BCUT2D eigenvalue weighted by molar-refractivity contribution is 5.56. The summed E-state index contributed by atoms with van der Waals surface area (Å²) in [7, 11) is 0. The van der Waals surface area contributed by atoms with Gasteiger partial charge in [0, 0.05) is 37.0 Å². The second-order valence-corrected chi connectivity index (χ2v) is 12.0. The maximum absolute atomic E-state index is 2.70. The SMILES string of the molecule is CCCCCCCCCCCCCCN1C=CN(c2ccccc2)C1(Cc1ccccc1)C(CC)c1ccccc1. The molecule has 0 aliphatic carbocycles. The number of hydrogen-bond acceptors (Lipinski definition) is 2. The van der Waals surface area contributed by atoms with Gasteiger partial charge in [0.2, 0.25) is 0 Å². The Labute approximate surface area is 251 Å². The third kappa shape index (κ3) is 8.51. The predicted octanol–water partition coefficient (Wildman–Crippen LogP) is 11.1. The first kappa shape index (κ1) is 30.9. The average Bonchev–Trinajstić information content (AvgIpc) is 3.37. The number of unbranched alkanes of at least 4 members (excludes halogenated alkanes) is 11. The Kier molecular flexibility index (Phi) is 12.9. The van der Waals surface area contributed by atoms with Crippen LogP contribution in [0.25, 0.3) is 0 Å². The first-order chi connectivity index (χ1) is 20.3. The molecule has 0 saturated heterocycles. The standard InChI is InChI=1S/C39H54N2/c1-3-5-6-7-8-9-10-11-12-13-14-24-31-40-32-33-41(37-29-22-17-23-30-37)39(40,34-35-25-18-15-19-26-35)38(4-2)36-27-20-16-21-28-36/h15-23,25-30,32-33,38H,3-14,24,31,34H2,1-2H3. The van der Waals surface area contributed by atoms with E-state index in [-0.39, 0.29) is 5.66 Å². The van der Waals surface area contributed by atoms with Crippen molar-refractivity contribution >= 4 is 5.69 Å². The van der Waals surface area contributed by atoms with Gasteiger partial charge in [-0.25, -0.2) is 0 Å². The minimum absolute atomic E-state index is 0.198. The smallest absolute Gasteiger partial charge is 0.127 e. The van der Waals surface area contributed by atoms with Crippen LogP contribution >= 0.6 is 0 Å². The third-order valence-corrected chi connectivity index (χ3v) is 9.07. The molecule has 0 fully saturated rings. The Morgan fingerprint density at radius 2 is 1.07 bits per heavy atom. The molecule has 3 aromatic rings. The van der Waals surface area contributed by atoms with E-state index in [9.17, 15) is 0 Å². The number of anilines is 1. The zero-order valence-electron chi connectivity index (χ0n) is 25.9. The molecule has 0 amide bonds. The van der Waals surface area contributed by atoms with Gasteiger partial charge in [0.25, 0.3) is 0 Å². The molecule has 220 valence electrons. The summed E-state index contributed by atoms with van der Waals surface area (Å²) in [6.07, 6.45) is 23.4. The van der Waals surface area contributed by atoms with Crippen LogP contribution in [0.15, 0.2) is 103 Å². The van der Waals surface area contributed by atoms with Gasteiger partial charge in [0.1, 0.15) is 5.66 Å². The van der Waals surface area contributed by atoms with E-state index in [0.717, 1.165) is 19.4 Å². The maximum Gasteiger partial charge on any atom is 0.127 e. The topological polar surface area (TPSA) is 6.48 Å². The lowest BCUT2D eigenvalue weighted by molar-refractivity contribution is 0.125. The largest absolute Gasteiger partial charge is 0.352 e. The quantitative estimate of drug-likeness (QED) is 0.137. The molecule has 1 aliphatic heterocycles. The van der Waals surface area contributed by atoms with Gasteiger partial charge in [-0.1, -0.05) is 163 Å². The minimum Gasteiger partial charge on any atom is -0.352 e. The van der Waals surface area contributed by atoms with Gasteiger partial charge >= 0.3 is 0 Å². The van der Waals surface area contributed by atoms with Crippen molar-refractivity contribution in [2.45, 2.75) is 115 Å². The normalized spacial score (nSPS) is 17.3. The molecule has 1 aliphatic rings. The van der Waals surface area contributed by atoms with E-state index < -0.39 is 0 Å². The second-order valence-electron chi connectivity index (χ2n) is 12.0. The number of rotatable bonds is 19. The lowest BCUT2D eigenvalue weighted by Gasteiger charge is -2.51. The molecule has 2 unspecified atom stereocenters. The monoisotopic (exact) mass is 550 g/mol. The molecular formula is C39H54N2. The predicted molar refractivity (Wildman–Crippen MR) is 178 cm³/mol. The summed E-state index contributed by atoms with van der Waals surface area (Å²) in [5.74, 6) is 0.358. The molecule has 0 radical (unpaired) electrons. The Morgan fingerprint density at radius 1 is 0.561 bits per heavy atom. The Hall–Kier alpha value is -3.00. The Morgan fingerprint density at radius 3 is 1.63 bits per heavy atom. The van der Waals surface area contributed by atoms with E-state index in [1.165, 1.54) is 93.9 Å². The zero-order chi connectivity index (χ0) is 28.6. The molecule has 2 nitrogen and oxygen atoms in total. The van der Waals surface area contributed by atoms with Crippen LogP contribution in [0.1, 0.15) is 114 Å². The molecule has 3 aromatic carbocycles. The van der Waals surface area contributed by atoms with Crippen LogP contribution in [0.4, 0.5) is 5.69 Å². The van der Waals surface area contributed by atoms with Crippen molar-refractivity contribution < 1.29 is 0 Å². The third-order valence-electron chi connectivity index (χ3n) is 9.07. The first-order valence-corrected chi connectivity index (χ1v) is 16.7. The van der Waals surface area contributed by atoms with E-state index in [2.05, 4.69) is 127 Å². The number of hydrogen-bond donors (Lipinski definition) is 0. The van der Waals surface area contributed by atoms with Crippen LogP contribution in [0.3, 0.4) is 0 Å². The molecule has 2 atom stereocenters. The van der Waals surface area contributed by atoms with Crippen molar-refractivity contribution in [3.05, 3.63) is 115 Å². The summed E-state index contributed by atoms with van der Waals surface area (Å²) in [4.78, 5) is 5.28. The van der Waals surface area contributed by atoms with E-state index >= 15 is 0 Å². The highest BCUT2D eigenvalue weighted by atomic mass is 15.4. The van der Waals surface area contributed by atoms with Crippen molar-refractivity contribution in [3.8, 4) is 0 Å². The second kappa shape index (κ2) is 17.1. The minimum atomic E-state index is -0.198.